The molecule has 0 aromatic heterocycles. The van der Waals surface area contributed by atoms with Crippen LogP contribution in [0, 0.1) is 34.5 Å². The van der Waals surface area contributed by atoms with Crippen molar-refractivity contribution < 1.29 is 32.3 Å². The first-order valence-corrected chi connectivity index (χ1v) is 10.8. The van der Waals surface area contributed by atoms with Gasteiger partial charge in [-0.05, 0) is 67.6 Å². The maximum atomic E-state index is 14.1. The lowest BCUT2D eigenvalue weighted by molar-refractivity contribution is -0.176. The second-order valence-corrected chi connectivity index (χ2v) is 9.83. The number of ether oxygens (including phenoxy) is 1. The molecule has 0 heterocycles. The Morgan fingerprint density at radius 1 is 1.19 bits per heavy atom. The van der Waals surface area contributed by atoms with Gasteiger partial charge in [0.05, 0.1) is 5.92 Å². The number of fused-ring (bicyclic) bond motifs is 5. The first-order valence-electron chi connectivity index (χ1n) is 10.8. The molecule has 6 unspecified atom stereocenters. The molecule has 4 aliphatic carbocycles. The lowest BCUT2D eigenvalue weighted by Crippen LogP contribution is -2.49. The number of rotatable bonds is 3. The highest BCUT2D eigenvalue weighted by atomic mass is 19.4. The Morgan fingerprint density at radius 3 is 2.55 bits per heavy atom. The summed E-state index contributed by atoms with van der Waals surface area (Å²) in [5.74, 6) is -3.47. The average molecular weight is 436 g/mol. The number of halogens is 3. The van der Waals surface area contributed by atoms with Crippen LogP contribution < -0.4 is 0 Å². The number of carbonyl (C=O) groups is 3. The number of Topliss-reactive ketones (excluding diaryl/α,β-unsaturated/α-hetero) is 1. The van der Waals surface area contributed by atoms with Crippen LogP contribution in [0.5, 0.6) is 0 Å². The van der Waals surface area contributed by atoms with E-state index in [1.807, 2.05) is 13.0 Å². The Balaban J connectivity index is 1.72. The Hall–Kier alpha value is -2.18. The highest BCUT2D eigenvalue weighted by Crippen LogP contribution is 2.66. The van der Waals surface area contributed by atoms with E-state index in [2.05, 4.69) is 0 Å². The fourth-order valence-corrected chi connectivity index (χ4v) is 6.72. The van der Waals surface area contributed by atoms with Crippen molar-refractivity contribution in [1.29, 1.82) is 0 Å². The standard InChI is InChI=1S/C24H27F3O4/c1-13(28)31-12-21(30)18-5-4-16-15-11-20(24(25,26)27)19-10-14(29)6-8-23(19,3)17(15)7-9-22(16,18)2/h6-8,10,15-16,18,20H,4-5,9,11-12H2,1-3H3. The summed E-state index contributed by atoms with van der Waals surface area (Å²) in [6.07, 6.45) is 3.48. The monoisotopic (exact) mass is 436 g/mol. The lowest BCUT2D eigenvalue weighted by Gasteiger charge is -2.54. The molecule has 6 atom stereocenters. The predicted octanol–water partition coefficient (Wildman–Crippen LogP) is 4.75. The van der Waals surface area contributed by atoms with Gasteiger partial charge in [0, 0.05) is 18.3 Å². The van der Waals surface area contributed by atoms with Crippen LogP contribution in [0.4, 0.5) is 13.2 Å². The van der Waals surface area contributed by atoms with Crippen LogP contribution in [0.15, 0.2) is 35.5 Å². The zero-order valence-corrected chi connectivity index (χ0v) is 17.9. The molecule has 168 valence electrons. The van der Waals surface area contributed by atoms with Gasteiger partial charge in [0.2, 0.25) is 0 Å². The Labute approximate surface area is 179 Å². The van der Waals surface area contributed by atoms with Gasteiger partial charge in [-0.25, -0.2) is 0 Å². The first kappa shape index (κ1) is 22.0. The zero-order chi connectivity index (χ0) is 22.8. The van der Waals surface area contributed by atoms with Crippen molar-refractivity contribution in [2.24, 2.45) is 34.5 Å². The molecule has 0 aromatic carbocycles. The molecule has 0 saturated heterocycles. The van der Waals surface area contributed by atoms with E-state index < -0.39 is 34.7 Å². The molecular formula is C24H27F3O4. The number of hydrogen-bond donors (Lipinski definition) is 0. The number of alkyl halides is 3. The van der Waals surface area contributed by atoms with Gasteiger partial charge in [0.25, 0.3) is 0 Å². The number of allylic oxidation sites excluding steroid dienone is 6. The van der Waals surface area contributed by atoms with E-state index in [0.29, 0.717) is 19.3 Å². The Morgan fingerprint density at radius 2 is 1.90 bits per heavy atom. The average Bonchev–Trinajstić information content (AvgIpc) is 3.02. The number of ketones is 2. The smallest absolute Gasteiger partial charge is 0.395 e. The molecule has 0 bridgehead atoms. The van der Waals surface area contributed by atoms with Crippen LogP contribution in [0.1, 0.15) is 46.5 Å². The molecule has 0 radical (unpaired) electrons. The molecule has 7 heteroatoms. The highest BCUT2D eigenvalue weighted by molar-refractivity contribution is 6.01. The normalized spacial score (nSPS) is 39.1. The summed E-state index contributed by atoms with van der Waals surface area (Å²) in [6.45, 7) is 4.73. The Bertz CT molecular complexity index is 928. The molecule has 2 saturated carbocycles. The lowest BCUT2D eigenvalue weighted by atomic mass is 9.50. The van der Waals surface area contributed by atoms with E-state index in [1.165, 1.54) is 19.1 Å². The summed E-state index contributed by atoms with van der Waals surface area (Å²) in [4.78, 5) is 35.8. The van der Waals surface area contributed by atoms with Crippen LogP contribution in [0.25, 0.3) is 0 Å². The van der Waals surface area contributed by atoms with E-state index >= 15 is 0 Å². The van der Waals surface area contributed by atoms with Crippen molar-refractivity contribution in [2.75, 3.05) is 6.61 Å². The quantitative estimate of drug-likeness (QED) is 0.473. The molecule has 0 aliphatic heterocycles. The van der Waals surface area contributed by atoms with Gasteiger partial charge in [-0.3, -0.25) is 14.4 Å². The van der Waals surface area contributed by atoms with Crippen molar-refractivity contribution >= 4 is 17.5 Å². The highest BCUT2D eigenvalue weighted by Gasteiger charge is 2.61. The van der Waals surface area contributed by atoms with Gasteiger partial charge < -0.3 is 4.74 Å². The van der Waals surface area contributed by atoms with Gasteiger partial charge in [-0.1, -0.05) is 24.6 Å². The van der Waals surface area contributed by atoms with E-state index in [4.69, 9.17) is 4.74 Å². The second-order valence-electron chi connectivity index (χ2n) is 9.83. The fraction of sp³-hybridized carbons (Fsp3) is 0.625. The van der Waals surface area contributed by atoms with Gasteiger partial charge >= 0.3 is 12.1 Å². The second kappa shape index (κ2) is 7.17. The molecule has 4 aliphatic rings. The zero-order valence-electron chi connectivity index (χ0n) is 17.9. The first-order chi connectivity index (χ1) is 14.4. The summed E-state index contributed by atoms with van der Waals surface area (Å²) < 4.78 is 47.2. The van der Waals surface area contributed by atoms with E-state index in [9.17, 15) is 27.6 Å². The summed E-state index contributed by atoms with van der Waals surface area (Å²) >= 11 is 0. The molecule has 2 fully saturated rings. The summed E-state index contributed by atoms with van der Waals surface area (Å²) in [5, 5.41) is 0. The SMILES string of the molecule is CC(=O)OCC(=O)C1CCC2C3CC(C(F)(F)F)C4=CC(=O)C=CC4(C)C3=CCC12C. The Kier molecular flexibility index (Phi) is 5.10. The molecule has 0 amide bonds. The number of esters is 1. The third-order valence-corrected chi connectivity index (χ3v) is 8.20. The number of hydrogen-bond acceptors (Lipinski definition) is 4. The molecule has 0 spiro atoms. The van der Waals surface area contributed by atoms with Crippen molar-refractivity contribution in [2.45, 2.75) is 52.6 Å². The molecule has 0 aromatic rings. The summed E-state index contributed by atoms with van der Waals surface area (Å²) in [6, 6.07) is 0. The van der Waals surface area contributed by atoms with Crippen LogP contribution in [0.3, 0.4) is 0 Å². The van der Waals surface area contributed by atoms with Crippen molar-refractivity contribution in [3.05, 3.63) is 35.5 Å². The fourth-order valence-electron chi connectivity index (χ4n) is 6.72. The molecular weight excluding hydrogens is 409 g/mol. The van der Waals surface area contributed by atoms with Crippen molar-refractivity contribution in [3.63, 3.8) is 0 Å². The minimum Gasteiger partial charge on any atom is -0.458 e. The minimum atomic E-state index is -4.44. The van der Waals surface area contributed by atoms with Gasteiger partial charge in [-0.2, -0.15) is 13.2 Å². The number of carbonyl (C=O) groups excluding carboxylic acids is 3. The van der Waals surface area contributed by atoms with Crippen molar-refractivity contribution in [1.82, 2.24) is 0 Å². The van der Waals surface area contributed by atoms with E-state index in [1.54, 1.807) is 13.0 Å². The van der Waals surface area contributed by atoms with Gasteiger partial charge in [0.1, 0.15) is 6.61 Å². The van der Waals surface area contributed by atoms with E-state index in [0.717, 1.165) is 5.57 Å². The molecule has 31 heavy (non-hydrogen) atoms. The van der Waals surface area contributed by atoms with Gasteiger partial charge in [0.15, 0.2) is 11.6 Å². The van der Waals surface area contributed by atoms with Gasteiger partial charge in [-0.15, -0.1) is 0 Å². The van der Waals surface area contributed by atoms with E-state index in [-0.39, 0.29) is 42.1 Å². The maximum absolute atomic E-state index is 14.1. The van der Waals surface area contributed by atoms with Crippen molar-refractivity contribution in [3.8, 4) is 0 Å². The molecule has 4 nitrogen and oxygen atoms in total. The third-order valence-electron chi connectivity index (χ3n) is 8.20. The van der Waals surface area contributed by atoms with Crippen LogP contribution in [-0.4, -0.2) is 30.3 Å². The summed E-state index contributed by atoms with van der Waals surface area (Å²) in [7, 11) is 0. The minimum absolute atomic E-state index is 0.0620. The largest absolute Gasteiger partial charge is 0.458 e. The predicted molar refractivity (Wildman–Crippen MR) is 107 cm³/mol. The maximum Gasteiger partial charge on any atom is 0.395 e. The van der Waals surface area contributed by atoms with Crippen LogP contribution in [0.2, 0.25) is 0 Å². The molecule has 0 N–H and O–H groups in total. The van der Waals surface area contributed by atoms with Crippen LogP contribution in [-0.2, 0) is 19.1 Å². The molecule has 4 rings (SSSR count). The summed E-state index contributed by atoms with van der Waals surface area (Å²) in [5.41, 5.74) is -0.316. The third kappa shape index (κ3) is 3.40. The van der Waals surface area contributed by atoms with Crippen LogP contribution >= 0.6 is 0 Å². The topological polar surface area (TPSA) is 60.4 Å².